The minimum atomic E-state index is -0.0725. The first-order chi connectivity index (χ1) is 8.97. The molecule has 2 atom stereocenters. The van der Waals surface area contributed by atoms with Gasteiger partial charge in [-0.3, -0.25) is 0 Å². The van der Waals surface area contributed by atoms with Crippen molar-refractivity contribution in [3.05, 3.63) is 34.6 Å². The fourth-order valence-corrected chi connectivity index (χ4v) is 2.87. The fraction of sp³-hybridized carbons (Fsp3) is 0.625. The summed E-state index contributed by atoms with van der Waals surface area (Å²) in [5.74, 6) is -0.0725. The van der Waals surface area contributed by atoms with Crippen molar-refractivity contribution in [1.29, 1.82) is 0 Å². The van der Waals surface area contributed by atoms with Crippen LogP contribution in [0.2, 0.25) is 0 Å². The van der Waals surface area contributed by atoms with E-state index >= 15 is 0 Å². The molecule has 2 nitrogen and oxygen atoms in total. The van der Waals surface area contributed by atoms with Gasteiger partial charge in [-0.15, -0.1) is 0 Å². The van der Waals surface area contributed by atoms with Gasteiger partial charge in [0.2, 0.25) is 0 Å². The zero-order chi connectivity index (χ0) is 14.0. The minimum Gasteiger partial charge on any atom is -0.310 e. The van der Waals surface area contributed by atoms with Gasteiger partial charge in [0.05, 0.1) is 0 Å². The number of hydrogen-bond acceptors (Lipinski definition) is 2. The van der Waals surface area contributed by atoms with Gasteiger partial charge in [-0.05, 0) is 63.9 Å². The molecule has 0 spiro atoms. The Morgan fingerprint density at radius 3 is 2.53 bits per heavy atom. The first-order valence-corrected chi connectivity index (χ1v) is 7.16. The Labute approximate surface area is 116 Å². The molecule has 0 radical (unpaired) electrons. The van der Waals surface area contributed by atoms with Crippen LogP contribution in [-0.4, -0.2) is 30.6 Å². The van der Waals surface area contributed by atoms with Crippen LogP contribution < -0.4 is 5.32 Å². The predicted molar refractivity (Wildman–Crippen MR) is 77.8 cm³/mol. The van der Waals surface area contributed by atoms with Gasteiger partial charge in [0.1, 0.15) is 5.82 Å². The van der Waals surface area contributed by atoms with Gasteiger partial charge in [-0.25, -0.2) is 4.39 Å². The van der Waals surface area contributed by atoms with Gasteiger partial charge < -0.3 is 10.2 Å². The maximum absolute atomic E-state index is 13.6. The Balaban J connectivity index is 1.92. The predicted octanol–water partition coefficient (Wildman–Crippen LogP) is 3.01. The van der Waals surface area contributed by atoms with Gasteiger partial charge in [0.25, 0.3) is 0 Å². The number of piperidine rings is 1. The molecule has 0 aromatic heterocycles. The van der Waals surface area contributed by atoms with Crippen LogP contribution in [0.3, 0.4) is 0 Å². The number of rotatable bonds is 3. The van der Waals surface area contributed by atoms with Crippen LogP contribution in [0.5, 0.6) is 0 Å². The molecule has 2 rings (SSSR count). The van der Waals surface area contributed by atoms with E-state index in [1.807, 2.05) is 26.0 Å². The summed E-state index contributed by atoms with van der Waals surface area (Å²) in [6, 6.07) is 5.13. The molecule has 19 heavy (non-hydrogen) atoms. The molecule has 1 aromatic carbocycles. The Kier molecular flexibility index (Phi) is 4.58. The largest absolute Gasteiger partial charge is 0.310 e. The van der Waals surface area contributed by atoms with Gasteiger partial charge in [0, 0.05) is 18.6 Å². The van der Waals surface area contributed by atoms with E-state index in [0.29, 0.717) is 12.1 Å². The number of halogens is 1. The van der Waals surface area contributed by atoms with E-state index in [1.165, 1.54) is 18.4 Å². The summed E-state index contributed by atoms with van der Waals surface area (Å²) in [7, 11) is 2.19. The SMILES string of the molecule is Cc1cc(CNC2CCN(C)C(C)C2)cc(C)c1F. The smallest absolute Gasteiger partial charge is 0.129 e. The number of aryl methyl sites for hydroxylation is 2. The molecule has 1 heterocycles. The van der Waals surface area contributed by atoms with Crippen molar-refractivity contribution in [2.45, 2.75) is 52.2 Å². The van der Waals surface area contributed by atoms with E-state index in [-0.39, 0.29) is 5.82 Å². The fourth-order valence-electron chi connectivity index (χ4n) is 2.87. The normalized spacial score (nSPS) is 24.7. The van der Waals surface area contributed by atoms with Crippen LogP contribution in [0.25, 0.3) is 0 Å². The molecular weight excluding hydrogens is 239 g/mol. The van der Waals surface area contributed by atoms with E-state index < -0.39 is 0 Å². The second kappa shape index (κ2) is 6.02. The van der Waals surface area contributed by atoms with E-state index in [2.05, 4.69) is 24.2 Å². The van der Waals surface area contributed by atoms with Crippen LogP contribution in [0.4, 0.5) is 4.39 Å². The average Bonchev–Trinajstić information content (AvgIpc) is 2.37. The zero-order valence-corrected chi connectivity index (χ0v) is 12.5. The molecule has 0 aliphatic carbocycles. The van der Waals surface area contributed by atoms with Crippen LogP contribution >= 0.6 is 0 Å². The highest BCUT2D eigenvalue weighted by Gasteiger charge is 2.22. The molecule has 0 bridgehead atoms. The van der Waals surface area contributed by atoms with Crippen molar-refractivity contribution in [1.82, 2.24) is 10.2 Å². The van der Waals surface area contributed by atoms with Crippen molar-refractivity contribution in [3.63, 3.8) is 0 Å². The molecule has 2 unspecified atom stereocenters. The van der Waals surface area contributed by atoms with Crippen LogP contribution in [0.1, 0.15) is 36.5 Å². The van der Waals surface area contributed by atoms with Gasteiger partial charge in [-0.1, -0.05) is 12.1 Å². The second-order valence-electron chi connectivity index (χ2n) is 5.98. The second-order valence-corrected chi connectivity index (χ2v) is 5.98. The quantitative estimate of drug-likeness (QED) is 0.903. The first kappa shape index (κ1) is 14.5. The van der Waals surface area contributed by atoms with Crippen molar-refractivity contribution < 1.29 is 4.39 Å². The molecule has 1 N–H and O–H groups in total. The molecule has 1 aliphatic rings. The third kappa shape index (κ3) is 3.54. The maximum Gasteiger partial charge on any atom is 0.129 e. The summed E-state index contributed by atoms with van der Waals surface area (Å²) in [6.07, 6.45) is 2.38. The van der Waals surface area contributed by atoms with Gasteiger partial charge in [0.15, 0.2) is 0 Å². The van der Waals surface area contributed by atoms with Crippen molar-refractivity contribution in [3.8, 4) is 0 Å². The Morgan fingerprint density at radius 2 is 1.95 bits per heavy atom. The minimum absolute atomic E-state index is 0.0725. The standard InChI is InChI=1S/C16H25FN2/c1-11-7-14(8-12(2)16(11)17)10-18-15-5-6-19(4)13(3)9-15/h7-8,13,15,18H,5-6,9-10H2,1-4H3. The maximum atomic E-state index is 13.6. The van der Waals surface area contributed by atoms with Crippen molar-refractivity contribution >= 4 is 0 Å². The lowest BCUT2D eigenvalue weighted by molar-refractivity contribution is 0.168. The Hall–Kier alpha value is -0.930. The molecule has 1 aromatic rings. The number of hydrogen-bond donors (Lipinski definition) is 1. The molecule has 106 valence electrons. The lowest BCUT2D eigenvalue weighted by Crippen LogP contribution is -2.45. The highest BCUT2D eigenvalue weighted by Crippen LogP contribution is 2.18. The van der Waals surface area contributed by atoms with Gasteiger partial charge >= 0.3 is 0 Å². The molecule has 0 amide bonds. The van der Waals surface area contributed by atoms with E-state index in [9.17, 15) is 4.39 Å². The van der Waals surface area contributed by atoms with Gasteiger partial charge in [-0.2, -0.15) is 0 Å². The number of nitrogens with zero attached hydrogens (tertiary/aromatic N) is 1. The van der Waals surface area contributed by atoms with E-state index in [4.69, 9.17) is 0 Å². The molecule has 1 saturated heterocycles. The molecule has 1 aliphatic heterocycles. The number of nitrogens with one attached hydrogen (secondary N) is 1. The lowest BCUT2D eigenvalue weighted by Gasteiger charge is -2.35. The molecule has 0 saturated carbocycles. The summed E-state index contributed by atoms with van der Waals surface area (Å²) in [5.41, 5.74) is 2.67. The third-order valence-corrected chi connectivity index (χ3v) is 4.30. The van der Waals surface area contributed by atoms with Crippen molar-refractivity contribution in [2.75, 3.05) is 13.6 Å². The highest BCUT2D eigenvalue weighted by atomic mass is 19.1. The molecule has 1 fully saturated rings. The molecular formula is C16H25FN2. The lowest BCUT2D eigenvalue weighted by atomic mass is 9.98. The Bertz CT molecular complexity index is 421. The number of benzene rings is 1. The number of likely N-dealkylation sites (tertiary alicyclic amines) is 1. The Morgan fingerprint density at radius 1 is 1.32 bits per heavy atom. The van der Waals surface area contributed by atoms with Crippen molar-refractivity contribution in [2.24, 2.45) is 0 Å². The monoisotopic (exact) mass is 264 g/mol. The van der Waals surface area contributed by atoms with Crippen LogP contribution in [-0.2, 0) is 6.54 Å². The topological polar surface area (TPSA) is 15.3 Å². The highest BCUT2D eigenvalue weighted by molar-refractivity contribution is 5.30. The zero-order valence-electron chi connectivity index (χ0n) is 12.5. The summed E-state index contributed by atoms with van der Waals surface area (Å²) < 4.78 is 13.6. The molecule has 3 heteroatoms. The summed E-state index contributed by atoms with van der Waals surface area (Å²) in [4.78, 5) is 2.41. The average molecular weight is 264 g/mol. The summed E-state index contributed by atoms with van der Waals surface area (Å²) in [5, 5.41) is 3.61. The third-order valence-electron chi connectivity index (χ3n) is 4.30. The van der Waals surface area contributed by atoms with Crippen LogP contribution in [0, 0.1) is 19.7 Å². The van der Waals surface area contributed by atoms with E-state index in [1.54, 1.807) is 0 Å². The van der Waals surface area contributed by atoms with Crippen LogP contribution in [0.15, 0.2) is 12.1 Å². The van der Waals surface area contributed by atoms with E-state index in [0.717, 1.165) is 24.2 Å². The summed E-state index contributed by atoms with van der Waals surface area (Å²) >= 11 is 0. The summed E-state index contributed by atoms with van der Waals surface area (Å²) in [6.45, 7) is 7.94. The first-order valence-electron chi connectivity index (χ1n) is 7.16.